The average molecular weight is 328 g/mol. The van der Waals surface area contributed by atoms with E-state index in [0.29, 0.717) is 17.1 Å². The number of nitrogens with zero attached hydrogens (tertiary/aromatic N) is 1. The van der Waals surface area contributed by atoms with Crippen LogP contribution in [0.4, 0.5) is 0 Å². The van der Waals surface area contributed by atoms with E-state index in [1.807, 2.05) is 7.05 Å². The molecule has 1 aliphatic rings. The summed E-state index contributed by atoms with van der Waals surface area (Å²) in [6.45, 7) is 1.01. The van der Waals surface area contributed by atoms with Crippen molar-refractivity contribution in [2.24, 2.45) is 0 Å². The lowest BCUT2D eigenvalue weighted by Gasteiger charge is -2.17. The number of unbranched alkanes of at least 4 members (excludes halogenated alkanes) is 2. The number of ether oxygens (including phenoxy) is 2. The van der Waals surface area contributed by atoms with Gasteiger partial charge in [0.1, 0.15) is 0 Å². The first-order chi connectivity index (χ1) is 9.22. The van der Waals surface area contributed by atoms with Gasteiger partial charge in [0.05, 0.1) is 0 Å². The van der Waals surface area contributed by atoms with Crippen LogP contribution >= 0.6 is 15.9 Å². The largest absolute Gasteiger partial charge is 0.454 e. The van der Waals surface area contributed by atoms with Crippen LogP contribution in [-0.4, -0.2) is 36.5 Å². The van der Waals surface area contributed by atoms with E-state index in [1.54, 1.807) is 23.1 Å². The number of fused-ring (bicyclic) bond motifs is 1. The maximum Gasteiger partial charge on any atom is 0.253 e. The summed E-state index contributed by atoms with van der Waals surface area (Å²) >= 11 is 3.40. The summed E-state index contributed by atoms with van der Waals surface area (Å²) in [5.74, 6) is 1.38. The molecule has 0 aliphatic carbocycles. The molecule has 0 bridgehead atoms. The van der Waals surface area contributed by atoms with Gasteiger partial charge in [0.25, 0.3) is 5.91 Å². The first kappa shape index (κ1) is 14.2. The zero-order valence-corrected chi connectivity index (χ0v) is 12.6. The number of benzene rings is 1. The average Bonchev–Trinajstić information content (AvgIpc) is 2.89. The molecule has 4 nitrogen and oxygen atoms in total. The number of amides is 1. The summed E-state index contributed by atoms with van der Waals surface area (Å²) < 4.78 is 10.5. The third-order valence-corrected chi connectivity index (χ3v) is 3.65. The number of hydrogen-bond acceptors (Lipinski definition) is 3. The summed E-state index contributed by atoms with van der Waals surface area (Å²) in [5, 5.41) is 1.02. The van der Waals surface area contributed by atoms with Gasteiger partial charge < -0.3 is 14.4 Å². The highest BCUT2D eigenvalue weighted by atomic mass is 79.9. The topological polar surface area (TPSA) is 38.8 Å². The van der Waals surface area contributed by atoms with Crippen LogP contribution in [0, 0.1) is 0 Å². The van der Waals surface area contributed by atoms with E-state index in [9.17, 15) is 4.79 Å². The second-order valence-corrected chi connectivity index (χ2v) is 5.34. The van der Waals surface area contributed by atoms with E-state index in [0.717, 1.165) is 31.1 Å². The van der Waals surface area contributed by atoms with Gasteiger partial charge in [0, 0.05) is 24.5 Å². The number of carbonyl (C=O) groups excluding carboxylic acids is 1. The molecular formula is C14H18BrNO3. The third-order valence-electron chi connectivity index (χ3n) is 3.09. The molecule has 0 unspecified atom stereocenters. The second-order valence-electron chi connectivity index (χ2n) is 4.54. The lowest BCUT2D eigenvalue weighted by atomic mass is 10.1. The monoisotopic (exact) mass is 327 g/mol. The van der Waals surface area contributed by atoms with Crippen LogP contribution < -0.4 is 9.47 Å². The fourth-order valence-corrected chi connectivity index (χ4v) is 2.37. The number of hydrogen-bond donors (Lipinski definition) is 0. The molecule has 0 atom stereocenters. The number of carbonyl (C=O) groups is 1. The Balaban J connectivity index is 1.91. The predicted octanol–water partition coefficient (Wildman–Crippen LogP) is 3.05. The molecule has 0 saturated heterocycles. The Labute approximate surface area is 121 Å². The molecule has 19 heavy (non-hydrogen) atoms. The fraction of sp³-hybridized carbons (Fsp3) is 0.500. The summed E-state index contributed by atoms with van der Waals surface area (Å²) in [5.41, 5.74) is 0.646. The Bertz CT molecular complexity index is 450. The highest BCUT2D eigenvalue weighted by Gasteiger charge is 2.18. The zero-order chi connectivity index (χ0) is 13.7. The molecule has 0 saturated carbocycles. The highest BCUT2D eigenvalue weighted by Crippen LogP contribution is 2.32. The normalized spacial score (nSPS) is 12.5. The standard InChI is InChI=1S/C14H18BrNO3/c1-16(8-4-2-3-7-15)14(17)11-5-6-12-13(9-11)19-10-18-12/h5-6,9H,2-4,7-8,10H2,1H3. The predicted molar refractivity (Wildman–Crippen MR) is 77.2 cm³/mol. The van der Waals surface area contributed by atoms with E-state index in [4.69, 9.17) is 9.47 Å². The molecule has 0 spiro atoms. The Hall–Kier alpha value is -1.23. The second kappa shape index (κ2) is 6.80. The minimum absolute atomic E-state index is 0.0251. The van der Waals surface area contributed by atoms with Crippen LogP contribution in [-0.2, 0) is 0 Å². The van der Waals surface area contributed by atoms with Gasteiger partial charge in [-0.05, 0) is 31.0 Å². The molecule has 1 aromatic rings. The van der Waals surface area contributed by atoms with Crippen LogP contribution in [0.3, 0.4) is 0 Å². The summed E-state index contributed by atoms with van der Waals surface area (Å²) in [6, 6.07) is 5.32. The van der Waals surface area contributed by atoms with Crippen molar-refractivity contribution in [3.05, 3.63) is 23.8 Å². The molecule has 0 N–H and O–H groups in total. The molecule has 0 radical (unpaired) electrons. The number of alkyl halides is 1. The SMILES string of the molecule is CN(CCCCCBr)C(=O)c1ccc2c(c1)OCO2. The van der Waals surface area contributed by atoms with Gasteiger partial charge in [-0.2, -0.15) is 0 Å². The van der Waals surface area contributed by atoms with E-state index in [-0.39, 0.29) is 12.7 Å². The van der Waals surface area contributed by atoms with Gasteiger partial charge in [0.2, 0.25) is 6.79 Å². The molecule has 0 aromatic heterocycles. The first-order valence-corrected chi connectivity index (χ1v) is 7.55. The van der Waals surface area contributed by atoms with Gasteiger partial charge in [-0.25, -0.2) is 0 Å². The van der Waals surface area contributed by atoms with Gasteiger partial charge in [-0.1, -0.05) is 22.4 Å². The van der Waals surface area contributed by atoms with E-state index < -0.39 is 0 Å². The fourth-order valence-electron chi connectivity index (χ4n) is 1.97. The molecule has 0 fully saturated rings. The van der Waals surface area contributed by atoms with Crippen molar-refractivity contribution in [2.75, 3.05) is 25.7 Å². The van der Waals surface area contributed by atoms with Gasteiger partial charge in [-0.3, -0.25) is 4.79 Å². The maximum atomic E-state index is 12.2. The maximum absolute atomic E-state index is 12.2. The number of rotatable bonds is 6. The Morgan fingerprint density at radius 3 is 2.84 bits per heavy atom. The van der Waals surface area contributed by atoms with Gasteiger partial charge >= 0.3 is 0 Å². The van der Waals surface area contributed by atoms with Crippen molar-refractivity contribution in [3.8, 4) is 11.5 Å². The van der Waals surface area contributed by atoms with Gasteiger partial charge in [0.15, 0.2) is 11.5 Å². The third kappa shape index (κ3) is 3.62. The van der Waals surface area contributed by atoms with Gasteiger partial charge in [-0.15, -0.1) is 0 Å². The van der Waals surface area contributed by atoms with Crippen LogP contribution in [0.2, 0.25) is 0 Å². The van der Waals surface area contributed by atoms with Crippen molar-refractivity contribution in [2.45, 2.75) is 19.3 Å². The molecule has 104 valence electrons. The van der Waals surface area contributed by atoms with Crippen LogP contribution in [0.15, 0.2) is 18.2 Å². The summed E-state index contributed by atoms with van der Waals surface area (Å²) in [6.07, 6.45) is 3.30. The molecule has 1 heterocycles. The molecular weight excluding hydrogens is 310 g/mol. The van der Waals surface area contributed by atoms with Crippen LogP contribution in [0.25, 0.3) is 0 Å². The quantitative estimate of drug-likeness (QED) is 0.595. The van der Waals surface area contributed by atoms with Crippen molar-refractivity contribution >= 4 is 21.8 Å². The first-order valence-electron chi connectivity index (χ1n) is 6.43. The van der Waals surface area contributed by atoms with E-state index in [1.165, 1.54) is 0 Å². The smallest absolute Gasteiger partial charge is 0.253 e. The van der Waals surface area contributed by atoms with E-state index >= 15 is 0 Å². The van der Waals surface area contributed by atoms with Crippen LogP contribution in [0.1, 0.15) is 29.6 Å². The van der Waals surface area contributed by atoms with Crippen molar-refractivity contribution < 1.29 is 14.3 Å². The molecule has 1 aromatic carbocycles. The lowest BCUT2D eigenvalue weighted by Crippen LogP contribution is -2.27. The molecule has 2 rings (SSSR count). The Kier molecular flexibility index (Phi) is 5.07. The minimum Gasteiger partial charge on any atom is -0.454 e. The van der Waals surface area contributed by atoms with Crippen LogP contribution in [0.5, 0.6) is 11.5 Å². The van der Waals surface area contributed by atoms with E-state index in [2.05, 4.69) is 15.9 Å². The minimum atomic E-state index is 0.0251. The number of halogens is 1. The molecule has 1 aliphatic heterocycles. The van der Waals surface area contributed by atoms with Crippen molar-refractivity contribution in [1.82, 2.24) is 4.90 Å². The molecule has 1 amide bonds. The van der Waals surface area contributed by atoms with Crippen molar-refractivity contribution in [1.29, 1.82) is 0 Å². The highest BCUT2D eigenvalue weighted by molar-refractivity contribution is 9.09. The lowest BCUT2D eigenvalue weighted by molar-refractivity contribution is 0.0792. The summed E-state index contributed by atoms with van der Waals surface area (Å²) in [4.78, 5) is 14.0. The Morgan fingerprint density at radius 2 is 2.05 bits per heavy atom. The Morgan fingerprint density at radius 1 is 1.26 bits per heavy atom. The zero-order valence-electron chi connectivity index (χ0n) is 11.0. The summed E-state index contributed by atoms with van der Waals surface area (Å²) in [7, 11) is 1.83. The molecule has 5 heteroatoms. The van der Waals surface area contributed by atoms with Crippen molar-refractivity contribution in [3.63, 3.8) is 0 Å².